The average Bonchev–Trinajstić information content (AvgIpc) is 2.35. The number of aliphatic hydroxyl groups is 3. The predicted octanol–water partition coefficient (Wildman–Crippen LogP) is 0.699. The van der Waals surface area contributed by atoms with Gasteiger partial charge in [-0.2, -0.15) is 0 Å². The molecular formula is C14H28O5. The Balaban J connectivity index is 2.52. The highest BCUT2D eigenvalue weighted by atomic mass is 16.5. The monoisotopic (exact) mass is 276 g/mol. The van der Waals surface area contributed by atoms with E-state index < -0.39 is 12.2 Å². The van der Waals surface area contributed by atoms with Crippen molar-refractivity contribution in [3.8, 4) is 0 Å². The van der Waals surface area contributed by atoms with Crippen LogP contribution in [-0.2, 0) is 9.47 Å². The molecule has 0 unspecified atom stereocenters. The fourth-order valence-corrected chi connectivity index (χ4v) is 2.46. The number of rotatable bonds is 7. The molecule has 0 bridgehead atoms. The third-order valence-electron chi connectivity index (χ3n) is 3.94. The lowest BCUT2D eigenvalue weighted by Gasteiger charge is -2.35. The Kier molecular flexibility index (Phi) is 7.25. The van der Waals surface area contributed by atoms with Crippen LogP contribution in [0.2, 0.25) is 0 Å². The van der Waals surface area contributed by atoms with Crippen molar-refractivity contribution in [2.24, 2.45) is 5.92 Å². The van der Waals surface area contributed by atoms with Gasteiger partial charge in [0.2, 0.25) is 0 Å². The molecule has 1 fully saturated rings. The lowest BCUT2D eigenvalue weighted by molar-refractivity contribution is -0.122. The van der Waals surface area contributed by atoms with Crippen molar-refractivity contribution >= 4 is 0 Å². The third-order valence-corrected chi connectivity index (χ3v) is 3.94. The standard InChI is InChI=1S/C14H28O5/c1-9(16)10(2)19-13(4-6-15)8-12-5-7-18-11(3)14(12)17/h9-17H,4-8H2,1-3H3/t9-,10+,11+,12-,13+,14+/m0/s1. The zero-order chi connectivity index (χ0) is 14.4. The van der Waals surface area contributed by atoms with Crippen molar-refractivity contribution in [1.29, 1.82) is 0 Å². The molecule has 5 nitrogen and oxygen atoms in total. The van der Waals surface area contributed by atoms with Gasteiger partial charge in [-0.25, -0.2) is 0 Å². The second-order valence-electron chi connectivity index (χ2n) is 5.57. The molecule has 1 saturated heterocycles. The highest BCUT2D eigenvalue weighted by Gasteiger charge is 2.32. The van der Waals surface area contributed by atoms with E-state index in [2.05, 4.69) is 0 Å². The van der Waals surface area contributed by atoms with Crippen molar-refractivity contribution in [2.45, 2.75) is 70.6 Å². The highest BCUT2D eigenvalue weighted by molar-refractivity contribution is 4.81. The van der Waals surface area contributed by atoms with E-state index in [4.69, 9.17) is 14.6 Å². The van der Waals surface area contributed by atoms with E-state index in [0.717, 1.165) is 6.42 Å². The molecule has 0 aromatic heterocycles. The quantitative estimate of drug-likeness (QED) is 0.638. The molecule has 0 aliphatic carbocycles. The molecule has 114 valence electrons. The van der Waals surface area contributed by atoms with Gasteiger partial charge >= 0.3 is 0 Å². The summed E-state index contributed by atoms with van der Waals surface area (Å²) in [5.74, 6) is 0.126. The Morgan fingerprint density at radius 2 is 2.05 bits per heavy atom. The number of hydrogen-bond donors (Lipinski definition) is 3. The molecule has 1 heterocycles. The first-order chi connectivity index (χ1) is 8.95. The van der Waals surface area contributed by atoms with Crippen LogP contribution in [0.1, 0.15) is 40.0 Å². The number of ether oxygens (including phenoxy) is 2. The number of aliphatic hydroxyl groups excluding tert-OH is 3. The van der Waals surface area contributed by atoms with Crippen LogP contribution in [0.4, 0.5) is 0 Å². The second kappa shape index (κ2) is 8.17. The van der Waals surface area contributed by atoms with Crippen LogP contribution >= 0.6 is 0 Å². The molecule has 0 saturated carbocycles. The van der Waals surface area contributed by atoms with Gasteiger partial charge in [-0.3, -0.25) is 0 Å². The van der Waals surface area contributed by atoms with Gasteiger partial charge in [0.1, 0.15) is 0 Å². The van der Waals surface area contributed by atoms with Gasteiger partial charge in [0.15, 0.2) is 0 Å². The van der Waals surface area contributed by atoms with E-state index in [1.54, 1.807) is 6.92 Å². The van der Waals surface area contributed by atoms with Crippen LogP contribution < -0.4 is 0 Å². The smallest absolute Gasteiger partial charge is 0.0828 e. The summed E-state index contributed by atoms with van der Waals surface area (Å²) in [4.78, 5) is 0. The van der Waals surface area contributed by atoms with Crippen molar-refractivity contribution < 1.29 is 24.8 Å². The van der Waals surface area contributed by atoms with Gasteiger partial charge in [-0.1, -0.05) is 0 Å². The molecule has 5 heteroatoms. The highest BCUT2D eigenvalue weighted by Crippen LogP contribution is 2.27. The molecule has 19 heavy (non-hydrogen) atoms. The lowest BCUT2D eigenvalue weighted by Crippen LogP contribution is -2.41. The maximum absolute atomic E-state index is 10.1. The summed E-state index contributed by atoms with van der Waals surface area (Å²) >= 11 is 0. The van der Waals surface area contributed by atoms with E-state index in [9.17, 15) is 10.2 Å². The average molecular weight is 276 g/mol. The minimum absolute atomic E-state index is 0.0477. The van der Waals surface area contributed by atoms with Gasteiger partial charge in [-0.15, -0.1) is 0 Å². The van der Waals surface area contributed by atoms with Crippen molar-refractivity contribution in [3.05, 3.63) is 0 Å². The molecule has 0 spiro atoms. The molecule has 1 rings (SSSR count). The zero-order valence-corrected chi connectivity index (χ0v) is 12.2. The summed E-state index contributed by atoms with van der Waals surface area (Å²) in [6.45, 7) is 6.08. The summed E-state index contributed by atoms with van der Waals surface area (Å²) in [5, 5.41) is 28.7. The van der Waals surface area contributed by atoms with E-state index in [1.165, 1.54) is 0 Å². The SMILES string of the molecule is C[C@H](O)[C@@H](C)O[C@H](CCO)C[C@@H]1CCO[C@H](C)[C@H]1O. The van der Waals surface area contributed by atoms with E-state index in [0.29, 0.717) is 19.4 Å². The molecule has 3 N–H and O–H groups in total. The summed E-state index contributed by atoms with van der Waals surface area (Å²) in [6, 6.07) is 0. The summed E-state index contributed by atoms with van der Waals surface area (Å²) in [6.07, 6.45) is 0.426. The maximum Gasteiger partial charge on any atom is 0.0828 e. The molecule has 0 aromatic carbocycles. The third kappa shape index (κ3) is 5.36. The van der Waals surface area contributed by atoms with Crippen LogP contribution in [0, 0.1) is 5.92 Å². The molecule has 1 aliphatic rings. The first kappa shape index (κ1) is 16.9. The minimum Gasteiger partial charge on any atom is -0.396 e. The van der Waals surface area contributed by atoms with Crippen molar-refractivity contribution in [2.75, 3.05) is 13.2 Å². The number of hydrogen-bond acceptors (Lipinski definition) is 5. The first-order valence-corrected chi connectivity index (χ1v) is 7.19. The fourth-order valence-electron chi connectivity index (χ4n) is 2.46. The first-order valence-electron chi connectivity index (χ1n) is 7.19. The Bertz CT molecular complexity index is 246. The second-order valence-corrected chi connectivity index (χ2v) is 5.57. The maximum atomic E-state index is 10.1. The molecule has 0 amide bonds. The largest absolute Gasteiger partial charge is 0.396 e. The van der Waals surface area contributed by atoms with E-state index in [1.807, 2.05) is 13.8 Å². The molecule has 6 atom stereocenters. The van der Waals surface area contributed by atoms with Crippen LogP contribution in [0.25, 0.3) is 0 Å². The van der Waals surface area contributed by atoms with Crippen molar-refractivity contribution in [3.63, 3.8) is 0 Å². The summed E-state index contributed by atoms with van der Waals surface area (Å²) in [7, 11) is 0. The molecule has 0 radical (unpaired) electrons. The van der Waals surface area contributed by atoms with Crippen LogP contribution in [0.15, 0.2) is 0 Å². The summed E-state index contributed by atoms with van der Waals surface area (Å²) < 4.78 is 11.2. The Morgan fingerprint density at radius 1 is 1.37 bits per heavy atom. The molecule has 1 aliphatic heterocycles. The van der Waals surface area contributed by atoms with Gasteiger partial charge in [-0.05, 0) is 46.0 Å². The fraction of sp³-hybridized carbons (Fsp3) is 1.00. The van der Waals surface area contributed by atoms with Crippen molar-refractivity contribution in [1.82, 2.24) is 0 Å². The van der Waals surface area contributed by atoms with E-state index in [-0.39, 0.29) is 30.8 Å². The molecule has 0 aromatic rings. The minimum atomic E-state index is -0.542. The zero-order valence-electron chi connectivity index (χ0n) is 12.2. The lowest BCUT2D eigenvalue weighted by atomic mass is 9.87. The topological polar surface area (TPSA) is 79.2 Å². The molecular weight excluding hydrogens is 248 g/mol. The van der Waals surface area contributed by atoms with E-state index >= 15 is 0 Å². The Morgan fingerprint density at radius 3 is 2.63 bits per heavy atom. The van der Waals surface area contributed by atoms with Crippen LogP contribution in [0.3, 0.4) is 0 Å². The van der Waals surface area contributed by atoms with Crippen LogP contribution in [0.5, 0.6) is 0 Å². The van der Waals surface area contributed by atoms with Gasteiger partial charge < -0.3 is 24.8 Å². The predicted molar refractivity (Wildman–Crippen MR) is 71.9 cm³/mol. The van der Waals surface area contributed by atoms with Gasteiger partial charge in [0.05, 0.1) is 30.5 Å². The van der Waals surface area contributed by atoms with Gasteiger partial charge in [0, 0.05) is 13.2 Å². The Labute approximate surface area is 115 Å². The Hall–Kier alpha value is -0.200. The van der Waals surface area contributed by atoms with Crippen LogP contribution in [-0.4, -0.2) is 59.1 Å². The van der Waals surface area contributed by atoms with Gasteiger partial charge in [0.25, 0.3) is 0 Å². The normalized spacial score (nSPS) is 32.8. The summed E-state index contributed by atoms with van der Waals surface area (Å²) in [5.41, 5.74) is 0.